The Morgan fingerprint density at radius 1 is 1.24 bits per heavy atom. The lowest BCUT2D eigenvalue weighted by Crippen LogP contribution is -2.28. The Bertz CT molecular complexity index is 734. The molecule has 0 spiro atoms. The summed E-state index contributed by atoms with van der Waals surface area (Å²) in [7, 11) is 3.30. The average Bonchev–Trinajstić information content (AvgIpc) is 2.63. The molecule has 0 fully saturated rings. The summed E-state index contributed by atoms with van der Waals surface area (Å²) in [6, 6.07) is 8.43. The number of methoxy groups -OCH3 is 1. The maximum absolute atomic E-state index is 12.2. The molecule has 1 aromatic heterocycles. The Labute approximate surface area is 146 Å². The number of benzene rings is 1. The highest BCUT2D eigenvalue weighted by atomic mass is 16.5. The second-order valence-corrected chi connectivity index (χ2v) is 5.56. The maximum Gasteiger partial charge on any atom is 0.257 e. The molecule has 7 heteroatoms. The van der Waals surface area contributed by atoms with Crippen LogP contribution in [-0.4, -0.2) is 37.5 Å². The molecule has 25 heavy (non-hydrogen) atoms. The van der Waals surface area contributed by atoms with Crippen LogP contribution in [0.5, 0.6) is 5.75 Å². The van der Waals surface area contributed by atoms with E-state index in [9.17, 15) is 9.59 Å². The molecular formula is C18H22N4O3. The van der Waals surface area contributed by atoms with Crippen molar-refractivity contribution in [3.8, 4) is 5.75 Å². The van der Waals surface area contributed by atoms with Crippen molar-refractivity contribution in [1.82, 2.24) is 10.3 Å². The van der Waals surface area contributed by atoms with Gasteiger partial charge in [-0.1, -0.05) is 6.92 Å². The third-order valence-corrected chi connectivity index (χ3v) is 3.60. The fourth-order valence-corrected chi connectivity index (χ4v) is 2.23. The molecule has 2 rings (SSSR count). The molecule has 0 aliphatic carbocycles. The second kappa shape index (κ2) is 8.79. The van der Waals surface area contributed by atoms with E-state index >= 15 is 0 Å². The van der Waals surface area contributed by atoms with Gasteiger partial charge < -0.3 is 20.7 Å². The number of hydrogen-bond acceptors (Lipinski definition) is 5. The van der Waals surface area contributed by atoms with Crippen molar-refractivity contribution in [2.75, 3.05) is 31.3 Å². The Kier molecular flexibility index (Phi) is 6.47. The van der Waals surface area contributed by atoms with E-state index in [0.29, 0.717) is 29.2 Å². The van der Waals surface area contributed by atoms with Crippen molar-refractivity contribution >= 4 is 23.2 Å². The van der Waals surface area contributed by atoms with Crippen LogP contribution in [0.1, 0.15) is 17.3 Å². The van der Waals surface area contributed by atoms with Crippen LogP contribution in [-0.2, 0) is 4.79 Å². The number of carbonyl (C=O) groups excluding carboxylic acids is 2. The van der Waals surface area contributed by atoms with Crippen LogP contribution in [0.3, 0.4) is 0 Å². The zero-order valence-electron chi connectivity index (χ0n) is 14.5. The van der Waals surface area contributed by atoms with Crippen molar-refractivity contribution in [2.24, 2.45) is 5.92 Å². The highest BCUT2D eigenvalue weighted by Gasteiger charge is 2.14. The molecule has 1 aromatic carbocycles. The summed E-state index contributed by atoms with van der Waals surface area (Å²) >= 11 is 0. The number of nitrogens with one attached hydrogen (secondary N) is 3. The minimum absolute atomic E-state index is 0.0939. The summed E-state index contributed by atoms with van der Waals surface area (Å²) in [5.41, 5.74) is 1.56. The minimum Gasteiger partial charge on any atom is -0.494 e. The van der Waals surface area contributed by atoms with Gasteiger partial charge in [0, 0.05) is 36.6 Å². The molecule has 1 heterocycles. The first-order valence-corrected chi connectivity index (χ1v) is 7.90. The van der Waals surface area contributed by atoms with Crippen LogP contribution >= 0.6 is 0 Å². The van der Waals surface area contributed by atoms with Crippen LogP contribution in [0.25, 0.3) is 0 Å². The highest BCUT2D eigenvalue weighted by Crippen LogP contribution is 2.28. The molecule has 0 aliphatic rings. The number of aromatic nitrogens is 1. The standard InChI is InChI=1S/C18H22N4O3/c1-12(10-19-2)17(23)21-14-6-7-15(16(9-14)25-3)22-18(24)13-5-4-8-20-11-13/h4-9,11-12,19H,10H2,1-3H3,(H,21,23)(H,22,24). The number of amides is 2. The lowest BCUT2D eigenvalue weighted by atomic mass is 10.1. The average molecular weight is 342 g/mol. The third kappa shape index (κ3) is 5.02. The Morgan fingerprint density at radius 2 is 2.04 bits per heavy atom. The fraction of sp³-hybridized carbons (Fsp3) is 0.278. The van der Waals surface area contributed by atoms with E-state index in [-0.39, 0.29) is 17.7 Å². The van der Waals surface area contributed by atoms with Gasteiger partial charge in [0.15, 0.2) is 0 Å². The molecule has 3 N–H and O–H groups in total. The summed E-state index contributed by atoms with van der Waals surface area (Å²) in [5, 5.41) is 8.57. The molecule has 0 radical (unpaired) electrons. The highest BCUT2D eigenvalue weighted by molar-refractivity contribution is 6.05. The number of carbonyl (C=O) groups is 2. The SMILES string of the molecule is CNCC(C)C(=O)Nc1ccc(NC(=O)c2cccnc2)c(OC)c1. The number of pyridine rings is 1. The van der Waals surface area contributed by atoms with Crippen LogP contribution < -0.4 is 20.7 Å². The van der Waals surface area contributed by atoms with Crippen molar-refractivity contribution < 1.29 is 14.3 Å². The Morgan fingerprint density at radius 3 is 2.68 bits per heavy atom. The summed E-state index contributed by atoms with van der Waals surface area (Å²) in [6.07, 6.45) is 3.09. The van der Waals surface area contributed by atoms with Crippen molar-refractivity contribution in [1.29, 1.82) is 0 Å². The summed E-state index contributed by atoms with van der Waals surface area (Å²) in [6.45, 7) is 2.42. The molecule has 1 atom stereocenters. The van der Waals surface area contributed by atoms with E-state index in [4.69, 9.17) is 4.74 Å². The molecule has 2 aromatic rings. The third-order valence-electron chi connectivity index (χ3n) is 3.60. The smallest absolute Gasteiger partial charge is 0.257 e. The lowest BCUT2D eigenvalue weighted by Gasteiger charge is -2.14. The van der Waals surface area contributed by atoms with Crippen molar-refractivity contribution in [3.63, 3.8) is 0 Å². The topological polar surface area (TPSA) is 92.4 Å². The van der Waals surface area contributed by atoms with Crippen LogP contribution in [0.15, 0.2) is 42.7 Å². The van der Waals surface area contributed by atoms with Gasteiger partial charge in [-0.2, -0.15) is 0 Å². The van der Waals surface area contributed by atoms with Gasteiger partial charge in [-0.3, -0.25) is 14.6 Å². The number of anilines is 2. The zero-order chi connectivity index (χ0) is 18.2. The summed E-state index contributed by atoms with van der Waals surface area (Å²) in [4.78, 5) is 28.2. The van der Waals surface area contributed by atoms with Gasteiger partial charge in [0.05, 0.1) is 18.4 Å². The van der Waals surface area contributed by atoms with Crippen molar-refractivity contribution in [3.05, 3.63) is 48.3 Å². The molecule has 7 nitrogen and oxygen atoms in total. The summed E-state index contributed by atoms with van der Waals surface area (Å²) in [5.74, 6) is -0.0911. The van der Waals surface area contributed by atoms with E-state index in [1.807, 2.05) is 6.92 Å². The number of nitrogens with zero attached hydrogens (tertiary/aromatic N) is 1. The normalized spacial score (nSPS) is 11.5. The molecular weight excluding hydrogens is 320 g/mol. The van der Waals surface area contributed by atoms with Gasteiger partial charge in [0.25, 0.3) is 5.91 Å². The van der Waals surface area contributed by atoms with E-state index in [0.717, 1.165) is 0 Å². The lowest BCUT2D eigenvalue weighted by molar-refractivity contribution is -0.119. The number of hydrogen-bond donors (Lipinski definition) is 3. The molecule has 1 unspecified atom stereocenters. The molecule has 0 bridgehead atoms. The van der Waals surface area contributed by atoms with Gasteiger partial charge in [-0.05, 0) is 31.3 Å². The van der Waals surface area contributed by atoms with E-state index < -0.39 is 0 Å². The Hall–Kier alpha value is -2.93. The first kappa shape index (κ1) is 18.4. The maximum atomic E-state index is 12.2. The van der Waals surface area contributed by atoms with E-state index in [1.165, 1.54) is 13.3 Å². The van der Waals surface area contributed by atoms with Gasteiger partial charge in [-0.15, -0.1) is 0 Å². The predicted octanol–water partition coefficient (Wildman–Crippen LogP) is 2.14. The van der Waals surface area contributed by atoms with Crippen LogP contribution in [0, 0.1) is 5.92 Å². The fourth-order valence-electron chi connectivity index (χ4n) is 2.23. The first-order valence-electron chi connectivity index (χ1n) is 7.90. The monoisotopic (exact) mass is 342 g/mol. The van der Waals surface area contributed by atoms with E-state index in [1.54, 1.807) is 43.6 Å². The van der Waals surface area contributed by atoms with Crippen LogP contribution in [0.4, 0.5) is 11.4 Å². The van der Waals surface area contributed by atoms with Crippen molar-refractivity contribution in [2.45, 2.75) is 6.92 Å². The number of rotatable bonds is 7. The molecule has 0 saturated heterocycles. The van der Waals surface area contributed by atoms with Gasteiger partial charge in [-0.25, -0.2) is 0 Å². The quantitative estimate of drug-likeness (QED) is 0.717. The molecule has 0 saturated carbocycles. The first-order chi connectivity index (χ1) is 12.0. The molecule has 132 valence electrons. The van der Waals surface area contributed by atoms with Gasteiger partial charge >= 0.3 is 0 Å². The summed E-state index contributed by atoms with van der Waals surface area (Å²) < 4.78 is 5.32. The zero-order valence-corrected chi connectivity index (χ0v) is 14.5. The Balaban J connectivity index is 2.11. The minimum atomic E-state index is -0.286. The van der Waals surface area contributed by atoms with Gasteiger partial charge in [0.2, 0.25) is 5.91 Å². The second-order valence-electron chi connectivity index (χ2n) is 5.56. The van der Waals surface area contributed by atoms with Crippen LogP contribution in [0.2, 0.25) is 0 Å². The largest absolute Gasteiger partial charge is 0.494 e. The predicted molar refractivity (Wildman–Crippen MR) is 96.9 cm³/mol. The van der Waals surface area contributed by atoms with E-state index in [2.05, 4.69) is 20.9 Å². The molecule has 0 aliphatic heterocycles. The number of ether oxygens (including phenoxy) is 1. The van der Waals surface area contributed by atoms with Gasteiger partial charge in [0.1, 0.15) is 5.75 Å². The molecule has 2 amide bonds.